The predicted octanol–water partition coefficient (Wildman–Crippen LogP) is 3.88. The smallest absolute Gasteiger partial charge is 0.0576 e. The molecule has 18 heavy (non-hydrogen) atoms. The molecule has 0 spiro atoms. The lowest BCUT2D eigenvalue weighted by Gasteiger charge is -2.40. The quantitative estimate of drug-likeness (QED) is 0.779. The van der Waals surface area contributed by atoms with Crippen LogP contribution in [0.1, 0.15) is 71.1 Å². The van der Waals surface area contributed by atoms with Crippen LogP contribution in [0.3, 0.4) is 0 Å². The van der Waals surface area contributed by atoms with Gasteiger partial charge in [0.1, 0.15) is 0 Å². The predicted molar refractivity (Wildman–Crippen MR) is 76.6 cm³/mol. The molecule has 0 bridgehead atoms. The fourth-order valence-electron chi connectivity index (χ4n) is 4.02. The summed E-state index contributed by atoms with van der Waals surface area (Å²) in [5.41, 5.74) is 6.59. The van der Waals surface area contributed by atoms with Gasteiger partial charge in [0.05, 0.1) is 6.10 Å². The van der Waals surface area contributed by atoms with E-state index in [-0.39, 0.29) is 0 Å². The van der Waals surface area contributed by atoms with Crippen molar-refractivity contribution in [1.29, 1.82) is 0 Å². The van der Waals surface area contributed by atoms with Crippen molar-refractivity contribution in [3.05, 3.63) is 0 Å². The molecule has 1 heterocycles. The molecule has 0 aromatic rings. The van der Waals surface area contributed by atoms with Crippen molar-refractivity contribution in [2.75, 3.05) is 13.2 Å². The summed E-state index contributed by atoms with van der Waals surface area (Å²) in [6.45, 7) is 4.23. The van der Waals surface area contributed by atoms with Crippen molar-refractivity contribution in [2.45, 2.75) is 77.2 Å². The molecule has 1 aliphatic carbocycles. The second-order valence-corrected chi connectivity index (χ2v) is 6.60. The van der Waals surface area contributed by atoms with Gasteiger partial charge in [0.25, 0.3) is 0 Å². The highest BCUT2D eigenvalue weighted by Crippen LogP contribution is 2.43. The topological polar surface area (TPSA) is 35.2 Å². The third kappa shape index (κ3) is 3.71. The highest BCUT2D eigenvalue weighted by Gasteiger charge is 2.34. The van der Waals surface area contributed by atoms with Crippen LogP contribution in [0.2, 0.25) is 0 Å². The maximum Gasteiger partial charge on any atom is 0.0576 e. The number of ether oxygens (including phenoxy) is 1. The molecule has 0 radical (unpaired) electrons. The van der Waals surface area contributed by atoms with Gasteiger partial charge in [-0.2, -0.15) is 0 Å². The first kappa shape index (κ1) is 14.3. The van der Waals surface area contributed by atoms with Crippen LogP contribution >= 0.6 is 0 Å². The standard InChI is InChI=1S/C16H31NO/c1-2-14-6-3-9-16(12-14,13-17)10-4-7-15-8-5-11-18-15/h14-15H,2-13,17H2,1H3. The molecule has 0 aromatic heterocycles. The van der Waals surface area contributed by atoms with Crippen molar-refractivity contribution in [1.82, 2.24) is 0 Å². The average molecular weight is 253 g/mol. The summed E-state index contributed by atoms with van der Waals surface area (Å²) in [7, 11) is 0. The maximum atomic E-state index is 6.12. The molecule has 2 aliphatic rings. The van der Waals surface area contributed by atoms with Crippen LogP contribution in [0.15, 0.2) is 0 Å². The van der Waals surface area contributed by atoms with E-state index < -0.39 is 0 Å². The van der Waals surface area contributed by atoms with Crippen LogP contribution in [-0.2, 0) is 4.74 Å². The van der Waals surface area contributed by atoms with Gasteiger partial charge in [-0.3, -0.25) is 0 Å². The summed E-state index contributed by atoms with van der Waals surface area (Å²) in [6.07, 6.45) is 13.9. The summed E-state index contributed by atoms with van der Waals surface area (Å²) in [5, 5.41) is 0. The molecule has 2 fully saturated rings. The van der Waals surface area contributed by atoms with E-state index in [1.807, 2.05) is 0 Å². The summed E-state index contributed by atoms with van der Waals surface area (Å²) in [6, 6.07) is 0. The Labute approximate surface area is 113 Å². The van der Waals surface area contributed by atoms with E-state index in [1.165, 1.54) is 64.2 Å². The zero-order valence-electron chi connectivity index (χ0n) is 12.1. The maximum absolute atomic E-state index is 6.12. The molecule has 3 unspecified atom stereocenters. The lowest BCUT2D eigenvalue weighted by Crippen LogP contribution is -2.36. The van der Waals surface area contributed by atoms with Crippen LogP contribution in [-0.4, -0.2) is 19.3 Å². The van der Waals surface area contributed by atoms with Gasteiger partial charge in [-0.15, -0.1) is 0 Å². The molecular formula is C16H31NO. The molecule has 106 valence electrons. The van der Waals surface area contributed by atoms with Crippen LogP contribution in [0.5, 0.6) is 0 Å². The Kier molecular flexibility index (Phi) is 5.50. The van der Waals surface area contributed by atoms with Gasteiger partial charge in [-0.25, -0.2) is 0 Å². The molecule has 1 saturated heterocycles. The van der Waals surface area contributed by atoms with Gasteiger partial charge in [0.2, 0.25) is 0 Å². The monoisotopic (exact) mass is 253 g/mol. The van der Waals surface area contributed by atoms with Crippen LogP contribution in [0.25, 0.3) is 0 Å². The Morgan fingerprint density at radius 2 is 2.17 bits per heavy atom. The fourth-order valence-corrected chi connectivity index (χ4v) is 4.02. The van der Waals surface area contributed by atoms with E-state index in [2.05, 4.69) is 6.92 Å². The van der Waals surface area contributed by atoms with Gasteiger partial charge in [-0.1, -0.05) is 32.6 Å². The Morgan fingerprint density at radius 1 is 1.28 bits per heavy atom. The molecule has 3 atom stereocenters. The SMILES string of the molecule is CCC1CCCC(CN)(CCCC2CCCO2)C1. The van der Waals surface area contributed by atoms with Crippen molar-refractivity contribution in [3.63, 3.8) is 0 Å². The van der Waals surface area contributed by atoms with Crippen LogP contribution < -0.4 is 5.73 Å². The average Bonchev–Trinajstić information content (AvgIpc) is 2.92. The zero-order valence-corrected chi connectivity index (χ0v) is 12.1. The van der Waals surface area contributed by atoms with Gasteiger partial charge in [0, 0.05) is 6.61 Å². The van der Waals surface area contributed by atoms with Crippen molar-refractivity contribution in [3.8, 4) is 0 Å². The minimum atomic E-state index is 0.470. The molecular weight excluding hydrogens is 222 g/mol. The highest BCUT2D eigenvalue weighted by atomic mass is 16.5. The van der Waals surface area contributed by atoms with Crippen molar-refractivity contribution in [2.24, 2.45) is 17.1 Å². The van der Waals surface area contributed by atoms with E-state index in [0.29, 0.717) is 11.5 Å². The molecule has 1 aliphatic heterocycles. The molecule has 2 heteroatoms. The van der Waals surface area contributed by atoms with Gasteiger partial charge in [-0.05, 0) is 56.4 Å². The largest absolute Gasteiger partial charge is 0.378 e. The number of hydrogen-bond acceptors (Lipinski definition) is 2. The molecule has 2 nitrogen and oxygen atoms in total. The fraction of sp³-hybridized carbons (Fsp3) is 1.00. The third-order valence-electron chi connectivity index (χ3n) is 5.31. The lowest BCUT2D eigenvalue weighted by molar-refractivity contribution is 0.0870. The lowest BCUT2D eigenvalue weighted by atomic mass is 9.66. The Hall–Kier alpha value is -0.0800. The molecule has 1 saturated carbocycles. The van der Waals surface area contributed by atoms with Gasteiger partial charge in [0.15, 0.2) is 0 Å². The van der Waals surface area contributed by atoms with E-state index in [9.17, 15) is 0 Å². The normalized spacial score (nSPS) is 37.0. The molecule has 0 aromatic carbocycles. The van der Waals surface area contributed by atoms with E-state index >= 15 is 0 Å². The minimum absolute atomic E-state index is 0.470. The molecule has 2 N–H and O–H groups in total. The Balaban J connectivity index is 1.76. The third-order valence-corrected chi connectivity index (χ3v) is 5.31. The molecule has 0 amide bonds. The number of hydrogen-bond donors (Lipinski definition) is 1. The first-order valence-corrected chi connectivity index (χ1v) is 8.10. The number of nitrogens with two attached hydrogens (primary N) is 1. The summed E-state index contributed by atoms with van der Waals surface area (Å²) < 4.78 is 5.72. The number of rotatable bonds is 6. The first-order chi connectivity index (χ1) is 8.78. The second kappa shape index (κ2) is 6.91. The summed E-state index contributed by atoms with van der Waals surface area (Å²) >= 11 is 0. The van der Waals surface area contributed by atoms with Crippen LogP contribution in [0, 0.1) is 11.3 Å². The van der Waals surface area contributed by atoms with Crippen LogP contribution in [0.4, 0.5) is 0 Å². The van der Waals surface area contributed by atoms with Crippen molar-refractivity contribution >= 4 is 0 Å². The van der Waals surface area contributed by atoms with Gasteiger partial charge < -0.3 is 10.5 Å². The summed E-state index contributed by atoms with van der Waals surface area (Å²) in [4.78, 5) is 0. The zero-order chi connectivity index (χ0) is 12.8. The second-order valence-electron chi connectivity index (χ2n) is 6.60. The van der Waals surface area contributed by atoms with Crippen molar-refractivity contribution < 1.29 is 4.74 Å². The first-order valence-electron chi connectivity index (χ1n) is 8.10. The molecule has 2 rings (SSSR count). The minimum Gasteiger partial charge on any atom is -0.378 e. The summed E-state index contributed by atoms with van der Waals surface area (Å²) in [5.74, 6) is 0.935. The highest BCUT2D eigenvalue weighted by molar-refractivity contribution is 4.87. The Morgan fingerprint density at radius 3 is 2.83 bits per heavy atom. The Bertz CT molecular complexity index is 237. The van der Waals surface area contributed by atoms with E-state index in [1.54, 1.807) is 0 Å². The van der Waals surface area contributed by atoms with E-state index in [4.69, 9.17) is 10.5 Å². The van der Waals surface area contributed by atoms with Gasteiger partial charge >= 0.3 is 0 Å². The van der Waals surface area contributed by atoms with E-state index in [0.717, 1.165) is 19.1 Å².